The first-order chi connectivity index (χ1) is 12.8. The third-order valence-electron chi connectivity index (χ3n) is 3.96. The van der Waals surface area contributed by atoms with E-state index >= 15 is 0 Å². The van der Waals surface area contributed by atoms with Gasteiger partial charge >= 0.3 is 0 Å². The lowest BCUT2D eigenvalue weighted by molar-refractivity contribution is -0.121. The van der Waals surface area contributed by atoms with Gasteiger partial charge in [0.25, 0.3) is 0 Å². The summed E-state index contributed by atoms with van der Waals surface area (Å²) in [6, 6.07) is 11.6. The van der Waals surface area contributed by atoms with Crippen LogP contribution in [0.3, 0.4) is 0 Å². The van der Waals surface area contributed by atoms with Gasteiger partial charge in [-0.05, 0) is 43.3 Å². The number of imidazole rings is 1. The van der Waals surface area contributed by atoms with Gasteiger partial charge in [0.05, 0.1) is 22.0 Å². The molecule has 1 heterocycles. The second-order valence-corrected chi connectivity index (χ2v) is 7.80. The second kappa shape index (κ2) is 7.85. The minimum atomic E-state index is -3.79. The fourth-order valence-electron chi connectivity index (χ4n) is 2.56. The van der Waals surface area contributed by atoms with E-state index in [1.165, 1.54) is 12.1 Å². The van der Waals surface area contributed by atoms with Gasteiger partial charge < -0.3 is 10.3 Å². The Bertz CT molecular complexity index is 1010. The fourth-order valence-corrected chi connectivity index (χ4v) is 3.59. The second-order valence-electron chi connectivity index (χ2n) is 6.03. The quantitative estimate of drug-likeness (QED) is 0.575. The standard InChI is InChI=1S/C18H19FN4O3S/c1-12(18-22-15-4-2-3-5-16(15)23-18)21-17(24)10-11-20-27(25,26)14-8-6-13(19)7-9-14/h2-9,12,20H,10-11H2,1H3,(H,21,24)(H,22,23)/t12-/m0/s1. The van der Waals surface area contributed by atoms with Crippen molar-refractivity contribution in [2.24, 2.45) is 0 Å². The minimum Gasteiger partial charge on any atom is -0.346 e. The van der Waals surface area contributed by atoms with Crippen LogP contribution >= 0.6 is 0 Å². The lowest BCUT2D eigenvalue weighted by Gasteiger charge is -2.12. The van der Waals surface area contributed by atoms with Crippen LogP contribution in [0, 0.1) is 5.82 Å². The number of hydrogen-bond acceptors (Lipinski definition) is 4. The molecule has 1 atom stereocenters. The van der Waals surface area contributed by atoms with Crippen LogP contribution in [0.1, 0.15) is 25.2 Å². The van der Waals surface area contributed by atoms with Crippen molar-refractivity contribution >= 4 is 27.0 Å². The van der Waals surface area contributed by atoms with Gasteiger partial charge in [0.15, 0.2) is 0 Å². The number of para-hydroxylation sites is 2. The first-order valence-electron chi connectivity index (χ1n) is 8.34. The van der Waals surface area contributed by atoms with Crippen molar-refractivity contribution in [1.29, 1.82) is 0 Å². The topological polar surface area (TPSA) is 104 Å². The first kappa shape index (κ1) is 19.0. The van der Waals surface area contributed by atoms with E-state index in [1.807, 2.05) is 24.3 Å². The normalized spacial score (nSPS) is 12.8. The van der Waals surface area contributed by atoms with E-state index < -0.39 is 15.8 Å². The van der Waals surface area contributed by atoms with Crippen LogP contribution in [-0.4, -0.2) is 30.8 Å². The number of aromatic nitrogens is 2. The van der Waals surface area contributed by atoms with Gasteiger partial charge in [0, 0.05) is 13.0 Å². The van der Waals surface area contributed by atoms with E-state index in [1.54, 1.807) is 6.92 Å². The van der Waals surface area contributed by atoms with E-state index in [4.69, 9.17) is 0 Å². The molecule has 2 aromatic carbocycles. The highest BCUT2D eigenvalue weighted by molar-refractivity contribution is 7.89. The van der Waals surface area contributed by atoms with E-state index in [-0.39, 0.29) is 29.8 Å². The number of carbonyl (C=O) groups excluding carboxylic acids is 1. The van der Waals surface area contributed by atoms with E-state index in [9.17, 15) is 17.6 Å². The number of hydrogen-bond donors (Lipinski definition) is 3. The molecule has 0 radical (unpaired) electrons. The van der Waals surface area contributed by atoms with Crippen molar-refractivity contribution in [3.05, 3.63) is 60.2 Å². The van der Waals surface area contributed by atoms with Crippen LogP contribution in [0.25, 0.3) is 11.0 Å². The lowest BCUT2D eigenvalue weighted by atomic mass is 10.3. The molecule has 0 aliphatic carbocycles. The number of halogens is 1. The van der Waals surface area contributed by atoms with Gasteiger partial charge in [-0.3, -0.25) is 4.79 Å². The maximum absolute atomic E-state index is 12.9. The average molecular weight is 390 g/mol. The summed E-state index contributed by atoms with van der Waals surface area (Å²) in [6.07, 6.45) is -0.0367. The Morgan fingerprint density at radius 2 is 1.89 bits per heavy atom. The molecule has 0 aliphatic heterocycles. The van der Waals surface area contributed by atoms with Crippen LogP contribution < -0.4 is 10.0 Å². The summed E-state index contributed by atoms with van der Waals surface area (Å²) in [7, 11) is -3.79. The number of nitrogens with zero attached hydrogens (tertiary/aromatic N) is 1. The Balaban J connectivity index is 1.52. The van der Waals surface area contributed by atoms with Crippen LogP contribution in [0.4, 0.5) is 4.39 Å². The predicted octanol–water partition coefficient (Wildman–Crippen LogP) is 2.25. The Morgan fingerprint density at radius 1 is 1.19 bits per heavy atom. The number of carbonyl (C=O) groups is 1. The summed E-state index contributed by atoms with van der Waals surface area (Å²) < 4.78 is 39.4. The monoisotopic (exact) mass is 390 g/mol. The van der Waals surface area contributed by atoms with Crippen molar-refractivity contribution in [3.8, 4) is 0 Å². The summed E-state index contributed by atoms with van der Waals surface area (Å²) >= 11 is 0. The van der Waals surface area contributed by atoms with Gasteiger partial charge in [-0.15, -0.1) is 0 Å². The number of amides is 1. The zero-order valence-electron chi connectivity index (χ0n) is 14.6. The van der Waals surface area contributed by atoms with E-state index in [0.717, 1.165) is 23.2 Å². The van der Waals surface area contributed by atoms with Gasteiger partial charge in [0.2, 0.25) is 15.9 Å². The molecule has 3 rings (SSSR count). The third kappa shape index (κ3) is 4.69. The van der Waals surface area contributed by atoms with Crippen molar-refractivity contribution < 1.29 is 17.6 Å². The number of benzene rings is 2. The highest BCUT2D eigenvalue weighted by atomic mass is 32.2. The maximum atomic E-state index is 12.9. The summed E-state index contributed by atoms with van der Waals surface area (Å²) in [5, 5.41) is 2.77. The molecule has 0 bridgehead atoms. The highest BCUT2D eigenvalue weighted by Gasteiger charge is 2.16. The van der Waals surface area contributed by atoms with Crippen LogP contribution in [-0.2, 0) is 14.8 Å². The van der Waals surface area contributed by atoms with Crippen LogP contribution in [0.15, 0.2) is 53.4 Å². The Kier molecular flexibility index (Phi) is 5.52. The molecule has 1 amide bonds. The molecule has 3 aromatic rings. The molecule has 0 saturated heterocycles. The number of sulfonamides is 1. The number of H-pyrrole nitrogens is 1. The molecule has 0 unspecified atom stereocenters. The molecule has 27 heavy (non-hydrogen) atoms. The molecule has 7 nitrogen and oxygen atoms in total. The number of rotatable bonds is 7. The molecule has 0 aliphatic rings. The SMILES string of the molecule is C[C@H](NC(=O)CCNS(=O)(=O)c1ccc(F)cc1)c1nc2ccccc2[nH]1. The Labute approximate surface area is 156 Å². The first-order valence-corrected chi connectivity index (χ1v) is 9.83. The fraction of sp³-hybridized carbons (Fsp3) is 0.222. The molecule has 1 aromatic heterocycles. The molecule has 0 saturated carbocycles. The van der Waals surface area contributed by atoms with Crippen LogP contribution in [0.2, 0.25) is 0 Å². The van der Waals surface area contributed by atoms with E-state index in [2.05, 4.69) is 20.0 Å². The molecular formula is C18H19FN4O3S. The highest BCUT2D eigenvalue weighted by Crippen LogP contribution is 2.15. The number of aromatic amines is 1. The number of nitrogens with one attached hydrogen (secondary N) is 3. The lowest BCUT2D eigenvalue weighted by Crippen LogP contribution is -2.32. The van der Waals surface area contributed by atoms with Gasteiger partial charge in [-0.2, -0.15) is 0 Å². The molecule has 3 N–H and O–H groups in total. The zero-order chi connectivity index (χ0) is 19.4. The summed E-state index contributed by atoms with van der Waals surface area (Å²) in [5.74, 6) is -0.214. The van der Waals surface area contributed by atoms with Crippen molar-refractivity contribution in [2.75, 3.05) is 6.54 Å². The molecule has 0 spiro atoms. The van der Waals surface area contributed by atoms with Gasteiger partial charge in [-0.1, -0.05) is 12.1 Å². The van der Waals surface area contributed by atoms with Crippen molar-refractivity contribution in [3.63, 3.8) is 0 Å². The molecule has 142 valence electrons. The third-order valence-corrected chi connectivity index (χ3v) is 5.44. The minimum absolute atomic E-state index is 0.0367. The Morgan fingerprint density at radius 3 is 2.59 bits per heavy atom. The smallest absolute Gasteiger partial charge is 0.240 e. The largest absolute Gasteiger partial charge is 0.346 e. The maximum Gasteiger partial charge on any atom is 0.240 e. The average Bonchev–Trinajstić information content (AvgIpc) is 3.06. The number of fused-ring (bicyclic) bond motifs is 1. The summed E-state index contributed by atoms with van der Waals surface area (Å²) in [4.78, 5) is 19.6. The molecule has 9 heteroatoms. The van der Waals surface area contributed by atoms with E-state index in [0.29, 0.717) is 5.82 Å². The summed E-state index contributed by atoms with van der Waals surface area (Å²) in [5.41, 5.74) is 1.68. The van der Waals surface area contributed by atoms with Crippen molar-refractivity contribution in [2.45, 2.75) is 24.3 Å². The summed E-state index contributed by atoms with van der Waals surface area (Å²) in [6.45, 7) is 1.72. The molecular weight excluding hydrogens is 371 g/mol. The van der Waals surface area contributed by atoms with Gasteiger partial charge in [0.1, 0.15) is 11.6 Å². The zero-order valence-corrected chi connectivity index (χ0v) is 15.4. The predicted molar refractivity (Wildman–Crippen MR) is 98.9 cm³/mol. The van der Waals surface area contributed by atoms with Gasteiger partial charge in [-0.25, -0.2) is 22.5 Å². The van der Waals surface area contributed by atoms with Crippen LogP contribution in [0.5, 0.6) is 0 Å². The van der Waals surface area contributed by atoms with Crippen molar-refractivity contribution in [1.82, 2.24) is 20.0 Å². The molecule has 0 fully saturated rings. The Hall–Kier alpha value is -2.78.